The number of benzene rings is 1. The van der Waals surface area contributed by atoms with Crippen LogP contribution in [0, 0.1) is 5.92 Å². The van der Waals surface area contributed by atoms with E-state index in [4.69, 9.17) is 0 Å². The van der Waals surface area contributed by atoms with Crippen molar-refractivity contribution in [2.24, 2.45) is 5.92 Å². The first-order valence-electron chi connectivity index (χ1n) is 7.20. The summed E-state index contributed by atoms with van der Waals surface area (Å²) in [4.78, 5) is 23.6. The quantitative estimate of drug-likeness (QED) is 0.822. The van der Waals surface area contributed by atoms with Crippen LogP contribution in [0.1, 0.15) is 13.8 Å². The van der Waals surface area contributed by atoms with Crippen molar-refractivity contribution >= 4 is 29.2 Å². The first-order chi connectivity index (χ1) is 10.5. The summed E-state index contributed by atoms with van der Waals surface area (Å²) in [5, 5.41) is 4.98. The van der Waals surface area contributed by atoms with Crippen LogP contribution in [0.15, 0.2) is 37.2 Å². The lowest BCUT2D eigenvalue weighted by molar-refractivity contribution is -0.658. The molecule has 3 amide bonds. The zero-order chi connectivity index (χ0) is 16.1. The predicted molar refractivity (Wildman–Crippen MR) is 84.9 cm³/mol. The maximum absolute atomic E-state index is 12.0. The Kier molecular flexibility index (Phi) is 4.93. The van der Waals surface area contributed by atoms with E-state index >= 15 is 0 Å². The molecule has 1 heterocycles. The van der Waals surface area contributed by atoms with Crippen LogP contribution < -0.4 is 15.2 Å². The van der Waals surface area contributed by atoms with Gasteiger partial charge in [-0.25, -0.2) is 13.9 Å². The molecular weight excluding hydrogens is 280 g/mol. The van der Waals surface area contributed by atoms with Gasteiger partial charge in [0.15, 0.2) is 17.6 Å². The Labute approximate surface area is 129 Å². The normalized spacial score (nSPS) is 10.7. The van der Waals surface area contributed by atoms with Crippen molar-refractivity contribution in [2.45, 2.75) is 20.4 Å². The molecule has 22 heavy (non-hydrogen) atoms. The summed E-state index contributed by atoms with van der Waals surface area (Å²) in [6.07, 6.45) is 3.45. The Hall–Kier alpha value is -2.63. The van der Waals surface area contributed by atoms with Crippen molar-refractivity contribution in [3.8, 4) is 0 Å². The lowest BCUT2D eigenvalue weighted by atomic mass is 10.2. The van der Waals surface area contributed by atoms with Crippen molar-refractivity contribution in [2.75, 3.05) is 6.54 Å². The second kappa shape index (κ2) is 6.89. The van der Waals surface area contributed by atoms with Gasteiger partial charge in [-0.1, -0.05) is 32.6 Å². The van der Waals surface area contributed by atoms with Crippen LogP contribution in [0.3, 0.4) is 0 Å². The number of fused-ring (bicyclic) bond motifs is 1. The molecule has 116 valence electrons. The number of hydrogen-bond acceptors (Lipinski definition) is 2. The van der Waals surface area contributed by atoms with Gasteiger partial charge in [-0.05, 0) is 18.1 Å². The molecule has 0 aliphatic rings. The molecule has 1 aromatic carbocycles. The molecule has 2 aromatic rings. The van der Waals surface area contributed by atoms with Crippen LogP contribution in [0.5, 0.6) is 0 Å². The monoisotopic (exact) mass is 301 g/mol. The molecular formula is C16H21N4O2+. The fourth-order valence-corrected chi connectivity index (χ4v) is 2.13. The number of carbonyl (C=O) groups is 2. The number of nitrogens with zero attached hydrogens (tertiary/aromatic N) is 2. The average Bonchev–Trinajstić information content (AvgIpc) is 2.83. The molecule has 0 aliphatic heterocycles. The summed E-state index contributed by atoms with van der Waals surface area (Å²) in [5.41, 5.74) is 1.86. The molecule has 0 spiro atoms. The zero-order valence-corrected chi connectivity index (χ0v) is 12.9. The highest BCUT2D eigenvalue weighted by atomic mass is 16.2. The summed E-state index contributed by atoms with van der Waals surface area (Å²) in [7, 11) is 0. The van der Waals surface area contributed by atoms with Crippen molar-refractivity contribution in [3.63, 3.8) is 0 Å². The zero-order valence-electron chi connectivity index (χ0n) is 12.9. The molecule has 0 aliphatic carbocycles. The van der Waals surface area contributed by atoms with Crippen LogP contribution in [-0.4, -0.2) is 23.1 Å². The van der Waals surface area contributed by atoms with Gasteiger partial charge in [0.25, 0.3) is 5.91 Å². The van der Waals surface area contributed by atoms with E-state index in [-0.39, 0.29) is 12.5 Å². The molecule has 6 nitrogen and oxygen atoms in total. The minimum atomic E-state index is -0.466. The number of hydrogen-bond donors (Lipinski definition) is 2. The summed E-state index contributed by atoms with van der Waals surface area (Å²) in [6, 6.07) is 7.22. The maximum atomic E-state index is 12.0. The fourth-order valence-electron chi connectivity index (χ4n) is 2.13. The lowest BCUT2D eigenvalue weighted by Gasteiger charge is -2.07. The van der Waals surface area contributed by atoms with Crippen LogP contribution >= 0.6 is 0 Å². The van der Waals surface area contributed by atoms with E-state index < -0.39 is 6.03 Å². The molecule has 0 bridgehead atoms. The molecule has 1 aromatic heterocycles. The van der Waals surface area contributed by atoms with Crippen LogP contribution in [0.4, 0.5) is 4.79 Å². The van der Waals surface area contributed by atoms with Gasteiger partial charge in [0.1, 0.15) is 0 Å². The van der Waals surface area contributed by atoms with Crippen molar-refractivity contribution in [3.05, 3.63) is 37.2 Å². The number of para-hydroxylation sites is 2. The molecule has 2 N–H and O–H groups in total. The topological polar surface area (TPSA) is 67.0 Å². The van der Waals surface area contributed by atoms with Crippen LogP contribution in [-0.2, 0) is 11.3 Å². The van der Waals surface area contributed by atoms with Crippen molar-refractivity contribution in [1.82, 2.24) is 15.2 Å². The second-order valence-electron chi connectivity index (χ2n) is 5.47. The lowest BCUT2D eigenvalue weighted by Crippen LogP contribution is -2.47. The number of aromatic nitrogens is 2. The Morgan fingerprint density at radius 2 is 2.09 bits per heavy atom. The van der Waals surface area contributed by atoms with Gasteiger partial charge in [-0.3, -0.25) is 10.1 Å². The third-order valence-corrected chi connectivity index (χ3v) is 3.17. The minimum absolute atomic E-state index is 0.0659. The number of imidazole rings is 1. The van der Waals surface area contributed by atoms with Crippen molar-refractivity contribution in [1.29, 1.82) is 0 Å². The SMILES string of the molecule is C=Cn1c[n+](CC(=O)NC(=O)NCC(C)C)c2ccccc21. The minimum Gasteiger partial charge on any atom is -0.338 e. The van der Waals surface area contributed by atoms with Gasteiger partial charge in [-0.2, -0.15) is 0 Å². The number of urea groups is 1. The van der Waals surface area contributed by atoms with Gasteiger partial charge < -0.3 is 5.32 Å². The van der Waals surface area contributed by atoms with E-state index in [1.54, 1.807) is 17.1 Å². The van der Waals surface area contributed by atoms with Crippen LogP contribution in [0.25, 0.3) is 17.2 Å². The van der Waals surface area contributed by atoms with Crippen molar-refractivity contribution < 1.29 is 14.2 Å². The smallest absolute Gasteiger partial charge is 0.321 e. The first-order valence-corrected chi connectivity index (χ1v) is 7.20. The molecule has 0 fully saturated rings. The van der Waals surface area contributed by atoms with E-state index in [0.717, 1.165) is 11.0 Å². The largest absolute Gasteiger partial charge is 0.338 e. The standard InChI is InChI=1S/C16H20N4O2/c1-4-19-11-20(14-8-6-5-7-13(14)19)10-15(21)18-16(22)17-9-12(2)3/h4-8,11-12H,1,9-10H2,2-3H3,(H-,17,18,21,22)/p+1. The van der Waals surface area contributed by atoms with Gasteiger partial charge >= 0.3 is 6.03 Å². The molecule has 0 atom stereocenters. The Balaban J connectivity index is 2.06. The van der Waals surface area contributed by atoms with Gasteiger partial charge in [0.2, 0.25) is 6.33 Å². The Morgan fingerprint density at radius 3 is 2.77 bits per heavy atom. The molecule has 2 rings (SSSR count). The number of amides is 3. The predicted octanol–water partition coefficient (Wildman–Crippen LogP) is 1.51. The second-order valence-corrected chi connectivity index (χ2v) is 5.47. The summed E-state index contributed by atoms with van der Waals surface area (Å²) in [5.74, 6) is -0.0287. The third-order valence-electron chi connectivity index (χ3n) is 3.17. The number of imide groups is 1. The highest BCUT2D eigenvalue weighted by Crippen LogP contribution is 2.10. The maximum Gasteiger partial charge on any atom is 0.321 e. The average molecular weight is 301 g/mol. The highest BCUT2D eigenvalue weighted by Gasteiger charge is 2.17. The van der Waals surface area contributed by atoms with E-state index in [1.807, 2.05) is 42.7 Å². The fraction of sp³-hybridized carbons (Fsp3) is 0.312. The van der Waals surface area contributed by atoms with E-state index in [9.17, 15) is 9.59 Å². The van der Waals surface area contributed by atoms with Gasteiger partial charge in [0.05, 0.1) is 6.20 Å². The highest BCUT2D eigenvalue weighted by molar-refractivity contribution is 5.93. The van der Waals surface area contributed by atoms with E-state index in [2.05, 4.69) is 17.2 Å². The van der Waals surface area contributed by atoms with Gasteiger partial charge in [-0.15, -0.1) is 0 Å². The number of rotatable bonds is 5. The summed E-state index contributed by atoms with van der Waals surface area (Å²) in [6.45, 7) is 8.32. The Morgan fingerprint density at radius 1 is 1.36 bits per heavy atom. The molecule has 0 radical (unpaired) electrons. The van der Waals surface area contributed by atoms with Gasteiger partial charge in [0, 0.05) is 6.54 Å². The van der Waals surface area contributed by atoms with E-state index in [0.29, 0.717) is 12.5 Å². The first kappa shape index (κ1) is 15.8. The molecule has 0 saturated heterocycles. The third kappa shape index (κ3) is 3.72. The number of carbonyl (C=O) groups excluding carboxylic acids is 2. The number of nitrogens with one attached hydrogen (secondary N) is 2. The van der Waals surface area contributed by atoms with Crippen LogP contribution in [0.2, 0.25) is 0 Å². The summed E-state index contributed by atoms with van der Waals surface area (Å²) < 4.78 is 3.61. The van der Waals surface area contributed by atoms with E-state index in [1.165, 1.54) is 0 Å². The molecule has 0 unspecified atom stereocenters. The summed E-state index contributed by atoms with van der Waals surface area (Å²) >= 11 is 0. The molecule has 6 heteroatoms. The molecule has 0 saturated carbocycles. The Bertz CT molecular complexity index is 703.